The summed E-state index contributed by atoms with van der Waals surface area (Å²) in [5.74, 6) is 0. The van der Waals surface area contributed by atoms with Gasteiger partial charge in [-0.05, 0) is 22.6 Å². The maximum Gasteiger partial charge on any atom is 0.0824 e. The van der Waals surface area contributed by atoms with E-state index >= 15 is 0 Å². The van der Waals surface area contributed by atoms with E-state index in [1.807, 2.05) is 0 Å². The fourth-order valence-electron chi connectivity index (χ4n) is 2.88. The Morgan fingerprint density at radius 1 is 0.526 bits per heavy atom. The van der Waals surface area contributed by atoms with E-state index in [4.69, 9.17) is 0 Å². The van der Waals surface area contributed by atoms with Crippen molar-refractivity contribution in [1.82, 2.24) is 0 Å². The lowest BCUT2D eigenvalue weighted by atomic mass is 10.5. The predicted octanol–water partition coefficient (Wildman–Crippen LogP) is 7.73. The van der Waals surface area contributed by atoms with Crippen LogP contribution in [0.3, 0.4) is 0 Å². The molecule has 0 heterocycles. The molecule has 116 valence electrons. The second-order valence-corrected chi connectivity index (χ2v) is 31.9. The average Bonchev–Trinajstić information content (AvgIpc) is 2.12. The molecule has 0 N–H and O–H groups in total. The highest BCUT2D eigenvalue weighted by atomic mass is 32.6. The van der Waals surface area contributed by atoms with Crippen molar-refractivity contribution < 1.29 is 0 Å². The van der Waals surface area contributed by atoms with Crippen molar-refractivity contribution in [2.24, 2.45) is 0 Å². The quantitative estimate of drug-likeness (QED) is 0.329. The lowest BCUT2D eigenvalue weighted by molar-refractivity contribution is 1.02. The van der Waals surface area contributed by atoms with Gasteiger partial charge in [-0.2, -0.15) is 0 Å². The Labute approximate surface area is 127 Å². The van der Waals surface area contributed by atoms with E-state index in [0.717, 1.165) is 22.6 Å². The monoisotopic (exact) mass is 338 g/mol. The Morgan fingerprint density at radius 3 is 0.842 bits per heavy atom. The standard InChI is InChI=1S/C15H37P3Si/c1-12(2)16(13(3)4)18(19(9,10)11)17(14(5)6)15(7)8/h12-15H,1-11H3. The smallest absolute Gasteiger partial charge is 0.0754 e. The van der Waals surface area contributed by atoms with Gasteiger partial charge < -0.3 is 0 Å². The van der Waals surface area contributed by atoms with Gasteiger partial charge in [0.05, 0.1) is 7.74 Å². The molecular formula is C15H37P3Si. The Morgan fingerprint density at radius 2 is 0.737 bits per heavy atom. The number of rotatable bonds is 7. The van der Waals surface area contributed by atoms with Crippen LogP contribution in [0.1, 0.15) is 55.4 Å². The molecular weight excluding hydrogens is 301 g/mol. The summed E-state index contributed by atoms with van der Waals surface area (Å²) in [4.78, 5) is 0. The minimum Gasteiger partial charge on any atom is -0.0754 e. The van der Waals surface area contributed by atoms with Crippen LogP contribution in [-0.4, -0.2) is 30.4 Å². The summed E-state index contributed by atoms with van der Waals surface area (Å²) in [5.41, 5.74) is 3.65. The van der Waals surface area contributed by atoms with Crippen molar-refractivity contribution in [3.05, 3.63) is 0 Å². The molecule has 0 aromatic carbocycles. The van der Waals surface area contributed by atoms with Crippen molar-refractivity contribution in [2.75, 3.05) is 0 Å². The van der Waals surface area contributed by atoms with Crippen LogP contribution in [0.2, 0.25) is 19.6 Å². The minimum absolute atomic E-state index is 0.221. The summed E-state index contributed by atoms with van der Waals surface area (Å²) >= 11 is 0. The fourth-order valence-corrected chi connectivity index (χ4v) is 49.1. The summed E-state index contributed by atoms with van der Waals surface area (Å²) in [6.45, 7) is 28.2. The van der Waals surface area contributed by atoms with Gasteiger partial charge in [-0.3, -0.25) is 0 Å². The summed E-state index contributed by atoms with van der Waals surface area (Å²) in [5, 5.41) is 0. The first-order valence-corrected chi connectivity index (χ1v) is 17.8. The lowest BCUT2D eigenvalue weighted by Gasteiger charge is -2.49. The molecule has 0 spiro atoms. The minimum atomic E-state index is -1.04. The first kappa shape index (κ1) is 20.5. The molecule has 0 saturated heterocycles. The van der Waals surface area contributed by atoms with E-state index in [-0.39, 0.29) is 22.1 Å². The second kappa shape index (κ2) is 8.22. The number of hydrogen-bond donors (Lipinski definition) is 0. The van der Waals surface area contributed by atoms with E-state index in [9.17, 15) is 0 Å². The van der Waals surface area contributed by atoms with Gasteiger partial charge in [0.15, 0.2) is 0 Å². The summed E-state index contributed by atoms with van der Waals surface area (Å²) < 4.78 is 0. The molecule has 4 heteroatoms. The van der Waals surface area contributed by atoms with Crippen LogP contribution >= 0.6 is 22.1 Å². The fraction of sp³-hybridized carbons (Fsp3) is 1.00. The summed E-state index contributed by atoms with van der Waals surface area (Å²) in [7, 11) is -0.600. The van der Waals surface area contributed by atoms with Gasteiger partial charge in [0.1, 0.15) is 0 Å². The topological polar surface area (TPSA) is 0 Å². The van der Waals surface area contributed by atoms with Crippen molar-refractivity contribution in [3.8, 4) is 0 Å². The summed E-state index contributed by atoms with van der Waals surface area (Å²) in [6, 6.07) is 0. The van der Waals surface area contributed by atoms with E-state index in [0.29, 0.717) is 0 Å². The Bertz CT molecular complexity index is 221. The van der Waals surface area contributed by atoms with E-state index in [1.165, 1.54) is 0 Å². The number of hydrogen-bond acceptors (Lipinski definition) is 0. The molecule has 0 rings (SSSR count). The van der Waals surface area contributed by atoms with Crippen LogP contribution in [0.4, 0.5) is 0 Å². The molecule has 19 heavy (non-hydrogen) atoms. The highest BCUT2D eigenvalue weighted by molar-refractivity contribution is 8.72. The van der Waals surface area contributed by atoms with Crippen LogP contribution in [0.25, 0.3) is 0 Å². The maximum absolute atomic E-state index is 2.65. The molecule has 0 aromatic rings. The molecule has 0 saturated carbocycles. The zero-order valence-corrected chi connectivity index (χ0v) is 18.8. The molecule has 0 aliphatic heterocycles. The van der Waals surface area contributed by atoms with Crippen molar-refractivity contribution >= 4 is 29.8 Å². The second-order valence-electron chi connectivity index (χ2n) is 7.60. The van der Waals surface area contributed by atoms with Crippen LogP contribution in [0, 0.1) is 0 Å². The first-order valence-electron chi connectivity index (χ1n) is 7.78. The molecule has 0 radical (unpaired) electrons. The van der Waals surface area contributed by atoms with Gasteiger partial charge in [-0.1, -0.05) is 97.1 Å². The van der Waals surface area contributed by atoms with Crippen LogP contribution < -0.4 is 0 Å². The third-order valence-electron chi connectivity index (χ3n) is 3.15. The molecule has 0 atom stereocenters. The van der Waals surface area contributed by atoms with Crippen LogP contribution in [0.15, 0.2) is 0 Å². The Balaban J connectivity index is 5.65. The summed E-state index contributed by atoms with van der Waals surface area (Å²) in [6.07, 6.45) is 0. The van der Waals surface area contributed by atoms with Crippen LogP contribution in [-0.2, 0) is 0 Å². The predicted molar refractivity (Wildman–Crippen MR) is 105 cm³/mol. The third-order valence-corrected chi connectivity index (χ3v) is 39.9. The molecule has 0 bridgehead atoms. The maximum atomic E-state index is 2.65. The third kappa shape index (κ3) is 6.02. The van der Waals surface area contributed by atoms with Gasteiger partial charge in [-0.15, -0.1) is 0 Å². The van der Waals surface area contributed by atoms with E-state index in [1.54, 1.807) is 0 Å². The molecule has 0 amide bonds. The van der Waals surface area contributed by atoms with Gasteiger partial charge in [-0.25, -0.2) is 0 Å². The molecule has 0 aromatic heterocycles. The van der Waals surface area contributed by atoms with Crippen molar-refractivity contribution in [2.45, 2.75) is 97.7 Å². The largest absolute Gasteiger partial charge is 0.0824 e. The van der Waals surface area contributed by atoms with Gasteiger partial charge in [0.25, 0.3) is 0 Å². The normalized spacial score (nSPS) is 14.2. The molecule has 0 aliphatic rings. The zero-order chi connectivity index (χ0) is 15.5. The van der Waals surface area contributed by atoms with Crippen molar-refractivity contribution in [1.29, 1.82) is 0 Å². The average molecular weight is 338 g/mol. The highest BCUT2D eigenvalue weighted by Crippen LogP contribution is 2.94. The van der Waals surface area contributed by atoms with Gasteiger partial charge >= 0.3 is 0 Å². The molecule has 0 aliphatic carbocycles. The zero-order valence-electron chi connectivity index (χ0n) is 15.2. The first-order chi connectivity index (χ1) is 8.41. The lowest BCUT2D eigenvalue weighted by Crippen LogP contribution is -2.22. The van der Waals surface area contributed by atoms with Gasteiger partial charge in [0.2, 0.25) is 0 Å². The molecule has 0 unspecified atom stereocenters. The molecule has 0 fully saturated rings. The molecule has 0 nitrogen and oxygen atoms in total. The van der Waals surface area contributed by atoms with Crippen molar-refractivity contribution in [3.63, 3.8) is 0 Å². The Kier molecular flexibility index (Phi) is 8.87. The van der Waals surface area contributed by atoms with Gasteiger partial charge in [0, 0.05) is 0 Å². The highest BCUT2D eigenvalue weighted by Gasteiger charge is 2.42. The van der Waals surface area contributed by atoms with Crippen LogP contribution in [0.5, 0.6) is 0 Å². The SMILES string of the molecule is CC(C)P(C(C)C)P(P(C(C)C)C(C)C)[Si](C)(C)C. The Hall–Kier alpha value is 1.51. The van der Waals surface area contributed by atoms with E-state index < -0.39 is 7.74 Å². The van der Waals surface area contributed by atoms with E-state index in [2.05, 4.69) is 75.0 Å².